The molecule has 1 N–H and O–H groups in total. The molecule has 1 aliphatic heterocycles. The topological polar surface area (TPSA) is 83.4 Å². The van der Waals surface area contributed by atoms with E-state index < -0.39 is 0 Å². The normalized spacial score (nSPS) is 13.9. The van der Waals surface area contributed by atoms with Gasteiger partial charge in [-0.2, -0.15) is 5.10 Å². The molecular weight excluding hydrogens is 424 g/mol. The lowest BCUT2D eigenvalue weighted by Gasteiger charge is -2.17. The number of hydrogen-bond donors (Lipinski definition) is 1. The number of carbonyl (C=O) groups excluding carboxylic acids is 2. The summed E-state index contributed by atoms with van der Waals surface area (Å²) < 4.78 is 1.69. The number of urea groups is 1. The van der Waals surface area contributed by atoms with Gasteiger partial charge in [0, 0.05) is 50.0 Å². The minimum absolute atomic E-state index is 0.119. The molecule has 0 radical (unpaired) electrons. The van der Waals surface area contributed by atoms with Gasteiger partial charge in [-0.3, -0.25) is 14.4 Å². The van der Waals surface area contributed by atoms with E-state index in [0.717, 1.165) is 11.1 Å². The first kappa shape index (κ1) is 20.4. The minimum Gasteiger partial charge on any atom is -0.347 e. The van der Waals surface area contributed by atoms with Crippen LogP contribution in [0.3, 0.4) is 0 Å². The van der Waals surface area contributed by atoms with Crippen molar-refractivity contribution in [3.63, 3.8) is 0 Å². The summed E-state index contributed by atoms with van der Waals surface area (Å²) in [6, 6.07) is 7.36. The van der Waals surface area contributed by atoms with Crippen molar-refractivity contribution in [2.24, 2.45) is 7.05 Å². The van der Waals surface area contributed by atoms with E-state index in [0.29, 0.717) is 46.9 Å². The number of carbonyl (C=O) groups is 2. The fourth-order valence-electron chi connectivity index (χ4n) is 3.30. The molecule has 30 heavy (non-hydrogen) atoms. The molecule has 156 valence electrons. The van der Waals surface area contributed by atoms with Gasteiger partial charge in [0.25, 0.3) is 5.91 Å². The van der Waals surface area contributed by atoms with E-state index in [4.69, 9.17) is 11.6 Å². The number of rotatable bonds is 6. The Hall–Kier alpha value is -2.91. The van der Waals surface area contributed by atoms with Crippen molar-refractivity contribution in [2.75, 3.05) is 18.0 Å². The Bertz CT molecular complexity index is 1090. The number of thiazole rings is 1. The third kappa shape index (κ3) is 4.31. The van der Waals surface area contributed by atoms with Gasteiger partial charge in [0.1, 0.15) is 4.88 Å². The first-order chi connectivity index (χ1) is 14.4. The van der Waals surface area contributed by atoms with E-state index in [1.54, 1.807) is 27.6 Å². The number of hydrogen-bond acceptors (Lipinski definition) is 5. The fourth-order valence-corrected chi connectivity index (χ4v) is 4.51. The van der Waals surface area contributed by atoms with Crippen LogP contribution in [0.5, 0.6) is 0 Å². The number of halogens is 1. The second-order valence-electron chi connectivity index (χ2n) is 7.10. The highest BCUT2D eigenvalue weighted by molar-refractivity contribution is 7.17. The lowest BCUT2D eigenvalue weighted by molar-refractivity contribution is 0.0954. The average Bonchev–Trinajstić information content (AvgIpc) is 3.40. The summed E-state index contributed by atoms with van der Waals surface area (Å²) >= 11 is 7.28. The number of aromatic nitrogens is 3. The molecule has 0 bridgehead atoms. The third-order valence-corrected chi connectivity index (χ3v) is 6.21. The van der Waals surface area contributed by atoms with Crippen molar-refractivity contribution in [3.05, 3.63) is 63.4 Å². The van der Waals surface area contributed by atoms with Gasteiger partial charge < -0.3 is 10.2 Å². The van der Waals surface area contributed by atoms with Gasteiger partial charge in [0.2, 0.25) is 0 Å². The maximum Gasteiger partial charge on any atom is 0.326 e. The molecule has 1 aliphatic rings. The summed E-state index contributed by atoms with van der Waals surface area (Å²) in [6.45, 7) is 3.77. The zero-order valence-electron chi connectivity index (χ0n) is 16.6. The smallest absolute Gasteiger partial charge is 0.326 e. The van der Waals surface area contributed by atoms with Crippen LogP contribution in [0.2, 0.25) is 5.02 Å². The first-order valence-corrected chi connectivity index (χ1v) is 10.6. The summed E-state index contributed by atoms with van der Waals surface area (Å²) in [6.07, 6.45) is 3.56. The maximum atomic E-state index is 12.9. The Kier molecular flexibility index (Phi) is 5.74. The summed E-state index contributed by atoms with van der Waals surface area (Å²) in [5.74, 6) is -0.206. The van der Waals surface area contributed by atoms with Gasteiger partial charge >= 0.3 is 6.03 Å². The van der Waals surface area contributed by atoms with Crippen LogP contribution in [0.1, 0.15) is 26.5 Å². The second kappa shape index (κ2) is 8.45. The molecular formula is C20H21ClN6O2S. The van der Waals surface area contributed by atoms with E-state index in [1.165, 1.54) is 11.3 Å². The van der Waals surface area contributed by atoms with E-state index in [2.05, 4.69) is 15.4 Å². The molecule has 4 rings (SSSR count). The molecule has 1 fully saturated rings. The average molecular weight is 445 g/mol. The molecule has 3 heterocycles. The molecule has 10 heteroatoms. The number of amides is 3. The van der Waals surface area contributed by atoms with Crippen LogP contribution in [-0.2, 0) is 20.1 Å². The SMILES string of the molecule is Cc1nc(N2CCN(Cc3cccc(Cl)c3)C2=O)sc1C(=O)NCc1cnn(C)c1. The summed E-state index contributed by atoms with van der Waals surface area (Å²) in [4.78, 5) is 33.8. The van der Waals surface area contributed by atoms with Crippen LogP contribution >= 0.6 is 22.9 Å². The number of nitrogens with zero attached hydrogens (tertiary/aromatic N) is 5. The van der Waals surface area contributed by atoms with Gasteiger partial charge in [0.15, 0.2) is 5.13 Å². The van der Waals surface area contributed by atoms with Crippen molar-refractivity contribution in [1.29, 1.82) is 0 Å². The zero-order valence-corrected chi connectivity index (χ0v) is 18.2. The van der Waals surface area contributed by atoms with Crippen molar-refractivity contribution in [2.45, 2.75) is 20.0 Å². The molecule has 1 aromatic carbocycles. The van der Waals surface area contributed by atoms with Gasteiger partial charge in [-0.1, -0.05) is 35.1 Å². The predicted molar refractivity (Wildman–Crippen MR) is 116 cm³/mol. The van der Waals surface area contributed by atoms with Crippen LogP contribution in [0.25, 0.3) is 0 Å². The number of aryl methyl sites for hydroxylation is 2. The first-order valence-electron chi connectivity index (χ1n) is 9.45. The monoisotopic (exact) mass is 444 g/mol. The van der Waals surface area contributed by atoms with Crippen molar-refractivity contribution in [3.8, 4) is 0 Å². The van der Waals surface area contributed by atoms with Crippen molar-refractivity contribution >= 4 is 40.0 Å². The third-order valence-electron chi connectivity index (χ3n) is 4.79. The molecule has 8 nitrogen and oxygen atoms in total. The standard InChI is InChI=1S/C20H21ClN6O2S/c1-13-17(18(28)22-9-15-10-23-25(2)11-15)30-19(24-13)27-7-6-26(20(27)29)12-14-4-3-5-16(21)8-14/h3-5,8,10-11H,6-7,9,12H2,1-2H3,(H,22,28). The quantitative estimate of drug-likeness (QED) is 0.632. The van der Waals surface area contributed by atoms with Crippen molar-refractivity contribution in [1.82, 2.24) is 25.0 Å². The number of benzene rings is 1. The molecule has 0 unspecified atom stereocenters. The van der Waals surface area contributed by atoms with E-state index in [1.807, 2.05) is 37.5 Å². The molecule has 2 aromatic heterocycles. The zero-order chi connectivity index (χ0) is 21.3. The Morgan fingerprint density at radius 1 is 1.30 bits per heavy atom. The molecule has 0 spiro atoms. The van der Waals surface area contributed by atoms with E-state index in [9.17, 15) is 9.59 Å². The minimum atomic E-state index is -0.206. The Morgan fingerprint density at radius 2 is 2.13 bits per heavy atom. The second-order valence-corrected chi connectivity index (χ2v) is 8.52. The van der Waals surface area contributed by atoms with Gasteiger partial charge in [-0.05, 0) is 24.6 Å². The number of anilines is 1. The Morgan fingerprint density at radius 3 is 2.87 bits per heavy atom. The molecule has 0 saturated carbocycles. The Labute approximate surface area is 183 Å². The molecule has 1 saturated heterocycles. The van der Waals surface area contributed by atoms with E-state index >= 15 is 0 Å². The fraction of sp³-hybridized carbons (Fsp3) is 0.300. The lowest BCUT2D eigenvalue weighted by Crippen LogP contribution is -2.31. The highest BCUT2D eigenvalue weighted by Crippen LogP contribution is 2.29. The Balaban J connectivity index is 1.42. The highest BCUT2D eigenvalue weighted by Gasteiger charge is 2.32. The maximum absolute atomic E-state index is 12.9. The van der Waals surface area contributed by atoms with Gasteiger partial charge in [-0.25, -0.2) is 9.78 Å². The van der Waals surface area contributed by atoms with Crippen LogP contribution in [0.4, 0.5) is 9.93 Å². The van der Waals surface area contributed by atoms with Crippen LogP contribution in [0, 0.1) is 6.92 Å². The van der Waals surface area contributed by atoms with Gasteiger partial charge in [0.05, 0.1) is 11.9 Å². The van der Waals surface area contributed by atoms with Crippen LogP contribution in [0.15, 0.2) is 36.7 Å². The molecule has 3 amide bonds. The van der Waals surface area contributed by atoms with Crippen LogP contribution in [-0.4, -0.2) is 44.7 Å². The van der Waals surface area contributed by atoms with E-state index in [-0.39, 0.29) is 11.9 Å². The van der Waals surface area contributed by atoms with Gasteiger partial charge in [-0.15, -0.1) is 0 Å². The number of nitrogens with one attached hydrogen (secondary N) is 1. The summed E-state index contributed by atoms with van der Waals surface area (Å²) in [5, 5.41) is 8.16. The molecule has 0 aliphatic carbocycles. The van der Waals surface area contributed by atoms with Crippen molar-refractivity contribution < 1.29 is 9.59 Å². The highest BCUT2D eigenvalue weighted by atomic mass is 35.5. The summed E-state index contributed by atoms with van der Waals surface area (Å²) in [5.41, 5.74) is 2.50. The molecule has 3 aromatic rings. The molecule has 0 atom stereocenters. The summed E-state index contributed by atoms with van der Waals surface area (Å²) in [7, 11) is 1.83. The largest absolute Gasteiger partial charge is 0.347 e. The predicted octanol–water partition coefficient (Wildman–Crippen LogP) is 3.21. The van der Waals surface area contributed by atoms with Crippen LogP contribution < -0.4 is 10.2 Å². The lowest BCUT2D eigenvalue weighted by atomic mass is 10.2.